The molecule has 12 heteroatoms. The van der Waals surface area contributed by atoms with Gasteiger partial charge in [-0.05, 0) is 75.1 Å². The normalized spacial score (nSPS) is 23.9. The van der Waals surface area contributed by atoms with Crippen molar-refractivity contribution >= 4 is 22.0 Å². The second-order valence-corrected chi connectivity index (χ2v) is 13.8. The Balaban J connectivity index is 1.69. The van der Waals surface area contributed by atoms with Crippen molar-refractivity contribution in [2.75, 3.05) is 13.1 Å². The number of sulfonamides is 1. The van der Waals surface area contributed by atoms with Crippen LogP contribution in [-0.2, 0) is 25.7 Å². The van der Waals surface area contributed by atoms with Gasteiger partial charge in [-0.3, -0.25) is 4.79 Å². The van der Waals surface area contributed by atoms with E-state index in [-0.39, 0.29) is 41.8 Å². The van der Waals surface area contributed by atoms with E-state index in [0.717, 1.165) is 24.3 Å². The predicted octanol–water partition coefficient (Wildman–Crippen LogP) is 4.16. The number of carbonyl (C=O) groups is 2. The summed E-state index contributed by atoms with van der Waals surface area (Å²) in [5.74, 6) is -0.509. The number of carbonyl (C=O) groups excluding carboxylic acids is 2. The zero-order valence-electron chi connectivity index (χ0n) is 22.0. The van der Waals surface area contributed by atoms with Crippen LogP contribution < -0.4 is 10.6 Å². The molecule has 2 aliphatic rings. The van der Waals surface area contributed by atoms with Gasteiger partial charge in [-0.1, -0.05) is 20.8 Å². The van der Waals surface area contributed by atoms with Crippen LogP contribution in [0.5, 0.6) is 0 Å². The molecule has 0 aromatic heterocycles. The molecule has 2 fully saturated rings. The molecule has 0 radical (unpaired) electrons. The lowest BCUT2D eigenvalue weighted by molar-refractivity contribution is -0.137. The average molecular weight is 548 g/mol. The van der Waals surface area contributed by atoms with Crippen LogP contribution in [0, 0.1) is 17.3 Å². The van der Waals surface area contributed by atoms with E-state index in [1.807, 2.05) is 20.8 Å². The van der Waals surface area contributed by atoms with Gasteiger partial charge in [0.2, 0.25) is 15.9 Å². The van der Waals surface area contributed by atoms with Crippen LogP contribution in [0.15, 0.2) is 29.2 Å². The standard InChI is InChI=1S/C25H36F3N3O5S/c1-23(2,3)20(30-22(33)36-24(4,5)6)21(32)29-19-12-7-15-13-31(14-18(15)19)37(34,35)17-10-8-16(9-11-17)25(26,27)28/h8-11,15,18-20H,7,12-14H2,1-6H3,(H,29,32)(H,30,33)/t15-,18+,19+,20+/m0/s1. The summed E-state index contributed by atoms with van der Waals surface area (Å²) in [6, 6.07) is 2.29. The minimum atomic E-state index is -4.55. The van der Waals surface area contributed by atoms with Crippen LogP contribution in [0.3, 0.4) is 0 Å². The van der Waals surface area contributed by atoms with Gasteiger partial charge in [-0.15, -0.1) is 0 Å². The van der Waals surface area contributed by atoms with Gasteiger partial charge >= 0.3 is 12.3 Å². The van der Waals surface area contributed by atoms with Crippen LogP contribution in [0.2, 0.25) is 0 Å². The lowest BCUT2D eigenvalue weighted by Crippen LogP contribution is -2.56. The molecule has 2 N–H and O–H groups in total. The van der Waals surface area contributed by atoms with Crippen LogP contribution in [-0.4, -0.2) is 55.5 Å². The molecule has 3 rings (SSSR count). The van der Waals surface area contributed by atoms with Crippen molar-refractivity contribution in [3.05, 3.63) is 29.8 Å². The first-order valence-corrected chi connectivity index (χ1v) is 13.7. The quantitative estimate of drug-likeness (QED) is 0.576. The Morgan fingerprint density at radius 2 is 1.59 bits per heavy atom. The lowest BCUT2D eigenvalue weighted by Gasteiger charge is -2.33. The number of hydrogen-bond acceptors (Lipinski definition) is 5. The van der Waals surface area contributed by atoms with E-state index in [1.165, 1.54) is 4.31 Å². The van der Waals surface area contributed by atoms with E-state index < -0.39 is 44.9 Å². The summed E-state index contributed by atoms with van der Waals surface area (Å²) in [4.78, 5) is 25.4. The Morgan fingerprint density at radius 3 is 2.11 bits per heavy atom. The molecular weight excluding hydrogens is 511 g/mol. The monoisotopic (exact) mass is 547 g/mol. The molecule has 0 spiro atoms. The number of rotatable bonds is 5. The van der Waals surface area contributed by atoms with Crippen LogP contribution >= 0.6 is 0 Å². The van der Waals surface area contributed by atoms with Gasteiger partial charge in [0.25, 0.3) is 0 Å². The average Bonchev–Trinajstić information content (AvgIpc) is 3.32. The summed E-state index contributed by atoms with van der Waals surface area (Å²) in [6.45, 7) is 11.0. The number of fused-ring (bicyclic) bond motifs is 1. The van der Waals surface area contributed by atoms with Gasteiger partial charge < -0.3 is 15.4 Å². The topological polar surface area (TPSA) is 105 Å². The highest BCUT2D eigenvalue weighted by Crippen LogP contribution is 2.40. The van der Waals surface area contributed by atoms with E-state index in [9.17, 15) is 31.2 Å². The van der Waals surface area contributed by atoms with Crippen molar-refractivity contribution < 1.29 is 35.9 Å². The van der Waals surface area contributed by atoms with Gasteiger partial charge in [-0.2, -0.15) is 17.5 Å². The molecule has 1 aliphatic heterocycles. The first kappa shape index (κ1) is 29.2. The zero-order valence-corrected chi connectivity index (χ0v) is 22.8. The van der Waals surface area contributed by atoms with Gasteiger partial charge in [0.15, 0.2) is 0 Å². The molecule has 0 unspecified atom stereocenters. The molecule has 1 aromatic rings. The Labute approximate surface area is 216 Å². The Kier molecular flexibility index (Phi) is 7.97. The van der Waals surface area contributed by atoms with E-state index in [1.54, 1.807) is 20.8 Å². The summed E-state index contributed by atoms with van der Waals surface area (Å²) in [7, 11) is -3.99. The second kappa shape index (κ2) is 10.1. The smallest absolute Gasteiger partial charge is 0.416 e. The van der Waals surface area contributed by atoms with Gasteiger partial charge in [0.1, 0.15) is 11.6 Å². The lowest BCUT2D eigenvalue weighted by atomic mass is 9.85. The molecule has 1 heterocycles. The maximum Gasteiger partial charge on any atom is 0.416 e. The molecule has 1 saturated carbocycles. The van der Waals surface area contributed by atoms with Gasteiger partial charge in [0, 0.05) is 19.1 Å². The first-order chi connectivity index (χ1) is 16.8. The van der Waals surface area contributed by atoms with Crippen molar-refractivity contribution in [3.8, 4) is 0 Å². The summed E-state index contributed by atoms with van der Waals surface area (Å²) in [5.41, 5.74) is -2.26. The van der Waals surface area contributed by atoms with Crippen molar-refractivity contribution in [2.45, 2.75) is 83.1 Å². The van der Waals surface area contributed by atoms with Crippen molar-refractivity contribution in [1.29, 1.82) is 0 Å². The third-order valence-electron chi connectivity index (χ3n) is 6.76. The van der Waals surface area contributed by atoms with E-state index in [2.05, 4.69) is 10.6 Å². The summed E-state index contributed by atoms with van der Waals surface area (Å²) in [6.07, 6.45) is -3.89. The molecule has 1 aromatic carbocycles. The minimum absolute atomic E-state index is 0.0152. The molecule has 2 amide bonds. The Bertz CT molecular complexity index is 1110. The summed E-state index contributed by atoms with van der Waals surface area (Å²) < 4.78 is 71.4. The van der Waals surface area contributed by atoms with Crippen molar-refractivity contribution in [3.63, 3.8) is 0 Å². The maximum absolute atomic E-state index is 13.2. The number of nitrogens with one attached hydrogen (secondary N) is 2. The number of ether oxygens (including phenoxy) is 1. The highest BCUT2D eigenvalue weighted by molar-refractivity contribution is 7.89. The van der Waals surface area contributed by atoms with Crippen LogP contribution in [0.1, 0.15) is 59.9 Å². The first-order valence-electron chi connectivity index (χ1n) is 12.3. The van der Waals surface area contributed by atoms with Gasteiger partial charge in [0.05, 0.1) is 10.5 Å². The molecule has 37 heavy (non-hydrogen) atoms. The van der Waals surface area contributed by atoms with Crippen molar-refractivity contribution in [1.82, 2.24) is 14.9 Å². The Hall–Kier alpha value is -2.34. The number of nitrogens with zero attached hydrogens (tertiary/aromatic N) is 1. The highest BCUT2D eigenvalue weighted by atomic mass is 32.2. The number of alkyl carbamates (subject to hydrolysis) is 1. The molecule has 0 bridgehead atoms. The minimum Gasteiger partial charge on any atom is -0.444 e. The van der Waals surface area contributed by atoms with Gasteiger partial charge in [-0.25, -0.2) is 13.2 Å². The van der Waals surface area contributed by atoms with Crippen molar-refractivity contribution in [2.24, 2.45) is 17.3 Å². The number of hydrogen-bond donors (Lipinski definition) is 2. The predicted molar refractivity (Wildman–Crippen MR) is 131 cm³/mol. The Morgan fingerprint density at radius 1 is 1.00 bits per heavy atom. The fourth-order valence-corrected chi connectivity index (χ4v) is 6.47. The fraction of sp³-hybridized carbons (Fsp3) is 0.680. The SMILES string of the molecule is CC(C)(C)OC(=O)N[C@H](C(=O)N[C@@H]1CC[C@H]2CN(S(=O)(=O)c3ccc(C(F)(F)F)cc3)C[C@H]21)C(C)(C)C. The van der Waals surface area contributed by atoms with E-state index in [4.69, 9.17) is 4.74 Å². The third kappa shape index (κ3) is 6.95. The second-order valence-electron chi connectivity index (χ2n) is 11.9. The van der Waals surface area contributed by atoms with Crippen LogP contribution in [0.4, 0.5) is 18.0 Å². The summed E-state index contributed by atoms with van der Waals surface area (Å²) >= 11 is 0. The number of halogens is 3. The number of amides is 2. The molecule has 8 nitrogen and oxygen atoms in total. The van der Waals surface area contributed by atoms with Crippen LogP contribution in [0.25, 0.3) is 0 Å². The summed E-state index contributed by atoms with van der Waals surface area (Å²) in [5, 5.41) is 5.66. The molecule has 208 valence electrons. The molecular formula is C25H36F3N3O5S. The zero-order chi connectivity index (χ0) is 28.0. The largest absolute Gasteiger partial charge is 0.444 e. The molecule has 4 atom stereocenters. The molecule has 1 saturated heterocycles. The third-order valence-corrected chi connectivity index (χ3v) is 8.61. The van der Waals surface area contributed by atoms with E-state index >= 15 is 0 Å². The molecule has 1 aliphatic carbocycles. The maximum atomic E-state index is 13.2. The fourth-order valence-electron chi connectivity index (χ4n) is 4.93. The number of alkyl halides is 3. The highest BCUT2D eigenvalue weighted by Gasteiger charge is 2.48. The van der Waals surface area contributed by atoms with E-state index in [0.29, 0.717) is 12.8 Å². The number of benzene rings is 1.